The van der Waals surface area contributed by atoms with Crippen LogP contribution in [0.25, 0.3) is 22.4 Å². The van der Waals surface area contributed by atoms with Gasteiger partial charge in [0.15, 0.2) is 0 Å². The lowest BCUT2D eigenvalue weighted by Crippen LogP contribution is -2.11. The molecule has 0 unspecified atom stereocenters. The minimum absolute atomic E-state index is 0.0579. The first-order valence-electron chi connectivity index (χ1n) is 7.82. The van der Waals surface area contributed by atoms with E-state index >= 15 is 0 Å². The molecule has 0 bridgehead atoms. The molecule has 0 amide bonds. The Bertz CT molecular complexity index is 1070. The normalized spacial score (nSPS) is 11.7. The SMILES string of the molecule is Cc1[nH]c(C)c(-c2ccc(-c3ccc(C(F)(F)F)cc3Cl)nc2)c(=O)c1Cl. The molecule has 8 heteroatoms. The van der Waals surface area contributed by atoms with Gasteiger partial charge in [-0.3, -0.25) is 9.78 Å². The molecule has 0 spiro atoms. The van der Waals surface area contributed by atoms with Crippen molar-refractivity contribution in [2.75, 3.05) is 0 Å². The average molecular weight is 413 g/mol. The molecule has 0 atom stereocenters. The van der Waals surface area contributed by atoms with E-state index in [2.05, 4.69) is 9.97 Å². The number of hydrogen-bond acceptors (Lipinski definition) is 2. The van der Waals surface area contributed by atoms with Crippen LogP contribution in [0.3, 0.4) is 0 Å². The summed E-state index contributed by atoms with van der Waals surface area (Å²) < 4.78 is 38.3. The van der Waals surface area contributed by atoms with Crippen LogP contribution < -0.4 is 5.43 Å². The summed E-state index contributed by atoms with van der Waals surface area (Å²) in [5.74, 6) is 0. The molecule has 0 aliphatic heterocycles. The van der Waals surface area contributed by atoms with Gasteiger partial charge in [0.1, 0.15) is 5.02 Å². The first-order valence-corrected chi connectivity index (χ1v) is 8.57. The predicted octanol–water partition coefficient (Wildman–Crippen LogP) is 6.05. The number of nitrogens with zero attached hydrogens (tertiary/aromatic N) is 1. The van der Waals surface area contributed by atoms with Crippen molar-refractivity contribution < 1.29 is 13.2 Å². The van der Waals surface area contributed by atoms with E-state index in [1.54, 1.807) is 26.0 Å². The molecule has 140 valence electrons. The standard InChI is InChI=1S/C19H13Cl2F3N2O/c1-9-16(18(27)17(21)10(2)26-9)11-3-6-15(25-8-11)13-5-4-12(7-14(13)20)19(22,23)24/h3-8H,1-2H3,(H,26,27). The summed E-state index contributed by atoms with van der Waals surface area (Å²) in [4.78, 5) is 19.7. The minimum atomic E-state index is -4.47. The quantitative estimate of drug-likeness (QED) is 0.556. The number of nitrogens with one attached hydrogen (secondary N) is 1. The first kappa shape index (κ1) is 19.5. The highest BCUT2D eigenvalue weighted by atomic mass is 35.5. The van der Waals surface area contributed by atoms with E-state index in [0.717, 1.165) is 12.1 Å². The fourth-order valence-corrected chi connectivity index (χ4v) is 3.22. The maximum atomic E-state index is 12.8. The van der Waals surface area contributed by atoms with Crippen LogP contribution in [0, 0.1) is 13.8 Å². The van der Waals surface area contributed by atoms with Crippen LogP contribution in [0.5, 0.6) is 0 Å². The molecule has 0 fully saturated rings. The number of aromatic amines is 1. The second kappa shape index (κ2) is 7.02. The van der Waals surface area contributed by atoms with Gasteiger partial charge in [0.2, 0.25) is 5.43 Å². The van der Waals surface area contributed by atoms with Gasteiger partial charge < -0.3 is 4.98 Å². The Labute approximate surface area is 162 Å². The van der Waals surface area contributed by atoms with Gasteiger partial charge in [0, 0.05) is 28.7 Å². The van der Waals surface area contributed by atoms with Crippen molar-refractivity contribution in [3.05, 3.63) is 73.7 Å². The van der Waals surface area contributed by atoms with Gasteiger partial charge in [-0.2, -0.15) is 13.2 Å². The van der Waals surface area contributed by atoms with Crippen LogP contribution in [0.4, 0.5) is 13.2 Å². The van der Waals surface area contributed by atoms with Crippen LogP contribution in [-0.2, 0) is 6.18 Å². The molecule has 3 nitrogen and oxygen atoms in total. The molecule has 0 aliphatic rings. The molecule has 27 heavy (non-hydrogen) atoms. The summed E-state index contributed by atoms with van der Waals surface area (Å²) >= 11 is 12.0. The van der Waals surface area contributed by atoms with E-state index < -0.39 is 11.7 Å². The van der Waals surface area contributed by atoms with Crippen molar-refractivity contribution in [3.8, 4) is 22.4 Å². The summed E-state index contributed by atoms with van der Waals surface area (Å²) in [5, 5.41) is 0.0444. The van der Waals surface area contributed by atoms with Crippen LogP contribution in [-0.4, -0.2) is 9.97 Å². The van der Waals surface area contributed by atoms with Crippen molar-refractivity contribution in [1.29, 1.82) is 0 Å². The molecule has 0 saturated heterocycles. The lowest BCUT2D eigenvalue weighted by Gasteiger charge is -2.11. The third-order valence-corrected chi connectivity index (χ3v) is 4.90. The van der Waals surface area contributed by atoms with E-state index in [1.165, 1.54) is 12.3 Å². The second-order valence-electron chi connectivity index (χ2n) is 6.02. The Morgan fingerprint density at radius 3 is 2.30 bits per heavy atom. The van der Waals surface area contributed by atoms with Crippen molar-refractivity contribution in [2.24, 2.45) is 0 Å². The summed E-state index contributed by atoms with van der Waals surface area (Å²) in [5.41, 5.74) is 1.77. The van der Waals surface area contributed by atoms with Crippen molar-refractivity contribution in [3.63, 3.8) is 0 Å². The highest BCUT2D eigenvalue weighted by Crippen LogP contribution is 2.35. The van der Waals surface area contributed by atoms with E-state index in [9.17, 15) is 18.0 Å². The predicted molar refractivity (Wildman–Crippen MR) is 100 cm³/mol. The van der Waals surface area contributed by atoms with Gasteiger partial charge in [-0.25, -0.2) is 0 Å². The number of halogens is 5. The number of aromatic nitrogens is 2. The number of pyridine rings is 2. The second-order valence-corrected chi connectivity index (χ2v) is 6.80. The van der Waals surface area contributed by atoms with Crippen LogP contribution >= 0.6 is 23.2 Å². The van der Waals surface area contributed by atoms with Crippen LogP contribution in [0.1, 0.15) is 17.0 Å². The zero-order valence-corrected chi connectivity index (χ0v) is 15.7. The van der Waals surface area contributed by atoms with Crippen molar-refractivity contribution >= 4 is 23.2 Å². The van der Waals surface area contributed by atoms with Crippen molar-refractivity contribution in [1.82, 2.24) is 9.97 Å². The molecular weight excluding hydrogens is 400 g/mol. The van der Waals surface area contributed by atoms with Gasteiger partial charge in [-0.15, -0.1) is 0 Å². The molecule has 0 saturated carbocycles. The van der Waals surface area contributed by atoms with E-state index in [1.807, 2.05) is 0 Å². The van der Waals surface area contributed by atoms with Gasteiger partial charge >= 0.3 is 6.18 Å². The number of hydrogen-bond donors (Lipinski definition) is 1. The zero-order valence-electron chi connectivity index (χ0n) is 14.2. The largest absolute Gasteiger partial charge is 0.416 e. The fourth-order valence-electron chi connectivity index (χ4n) is 2.80. The van der Waals surface area contributed by atoms with Gasteiger partial charge in [-0.1, -0.05) is 35.3 Å². The number of alkyl halides is 3. The molecular formula is C19H13Cl2F3N2O. The lowest BCUT2D eigenvalue weighted by molar-refractivity contribution is -0.137. The van der Waals surface area contributed by atoms with Crippen LogP contribution in [0.2, 0.25) is 10.0 Å². The maximum absolute atomic E-state index is 12.8. The maximum Gasteiger partial charge on any atom is 0.416 e. The number of rotatable bonds is 2. The Kier molecular flexibility index (Phi) is 5.06. The van der Waals surface area contributed by atoms with Gasteiger partial charge in [-0.05, 0) is 32.0 Å². The van der Waals surface area contributed by atoms with E-state index in [4.69, 9.17) is 23.2 Å². The topological polar surface area (TPSA) is 45.8 Å². The summed E-state index contributed by atoms with van der Waals surface area (Å²) in [6.07, 6.45) is -3.00. The van der Waals surface area contributed by atoms with Gasteiger partial charge in [0.25, 0.3) is 0 Å². The van der Waals surface area contributed by atoms with Gasteiger partial charge in [0.05, 0.1) is 21.8 Å². The zero-order chi connectivity index (χ0) is 19.9. The molecule has 2 aromatic heterocycles. The lowest BCUT2D eigenvalue weighted by atomic mass is 10.0. The number of aryl methyl sites for hydroxylation is 2. The molecule has 0 aliphatic carbocycles. The highest BCUT2D eigenvalue weighted by Gasteiger charge is 2.31. The summed E-state index contributed by atoms with van der Waals surface area (Å²) in [6, 6.07) is 6.33. The number of benzene rings is 1. The molecule has 0 radical (unpaired) electrons. The van der Waals surface area contributed by atoms with E-state index in [0.29, 0.717) is 33.8 Å². The molecule has 1 N–H and O–H groups in total. The molecule has 1 aromatic carbocycles. The third-order valence-electron chi connectivity index (χ3n) is 4.13. The third kappa shape index (κ3) is 3.73. The average Bonchev–Trinajstić information content (AvgIpc) is 2.60. The Morgan fingerprint density at radius 1 is 1.04 bits per heavy atom. The summed E-state index contributed by atoms with van der Waals surface area (Å²) in [6.45, 7) is 3.45. The smallest absolute Gasteiger partial charge is 0.361 e. The fraction of sp³-hybridized carbons (Fsp3) is 0.158. The Morgan fingerprint density at radius 2 is 1.74 bits per heavy atom. The summed E-state index contributed by atoms with van der Waals surface area (Å²) in [7, 11) is 0. The first-order chi connectivity index (χ1) is 12.6. The molecule has 2 heterocycles. The highest BCUT2D eigenvalue weighted by molar-refractivity contribution is 6.33. The van der Waals surface area contributed by atoms with Crippen molar-refractivity contribution in [2.45, 2.75) is 20.0 Å². The number of H-pyrrole nitrogens is 1. The Balaban J connectivity index is 2.03. The monoisotopic (exact) mass is 412 g/mol. The minimum Gasteiger partial charge on any atom is -0.361 e. The molecule has 3 aromatic rings. The van der Waals surface area contributed by atoms with Crippen LogP contribution in [0.15, 0.2) is 41.3 Å². The molecule has 3 rings (SSSR count). The van der Waals surface area contributed by atoms with E-state index in [-0.39, 0.29) is 15.5 Å². The Hall–Kier alpha value is -2.31.